The van der Waals surface area contributed by atoms with Crippen molar-refractivity contribution in [1.82, 2.24) is 15.5 Å². The van der Waals surface area contributed by atoms with E-state index in [-0.39, 0.29) is 17.8 Å². The Labute approximate surface area is 93.2 Å². The number of hydrogen-bond acceptors (Lipinski definition) is 4. The molecule has 2 atom stereocenters. The fourth-order valence-corrected chi connectivity index (χ4v) is 1.98. The number of aromatic amines is 1. The van der Waals surface area contributed by atoms with Gasteiger partial charge in [0, 0.05) is 6.07 Å². The highest BCUT2D eigenvalue weighted by Crippen LogP contribution is 2.18. The normalized spacial score (nSPS) is 25.3. The first-order valence-corrected chi connectivity index (χ1v) is 5.46. The molecule has 1 aromatic heterocycles. The van der Waals surface area contributed by atoms with Gasteiger partial charge < -0.3 is 16.2 Å². The molecule has 6 heteroatoms. The van der Waals surface area contributed by atoms with Gasteiger partial charge in [-0.2, -0.15) is 5.10 Å². The van der Waals surface area contributed by atoms with Crippen molar-refractivity contribution in [3.63, 3.8) is 0 Å². The van der Waals surface area contributed by atoms with Gasteiger partial charge in [0.2, 0.25) is 0 Å². The first-order chi connectivity index (χ1) is 7.66. The zero-order valence-corrected chi connectivity index (χ0v) is 8.94. The Morgan fingerprint density at radius 2 is 2.31 bits per heavy atom. The van der Waals surface area contributed by atoms with Crippen molar-refractivity contribution >= 4 is 11.7 Å². The molecule has 1 heterocycles. The second kappa shape index (κ2) is 4.52. The summed E-state index contributed by atoms with van der Waals surface area (Å²) in [7, 11) is 0. The van der Waals surface area contributed by atoms with Gasteiger partial charge in [0.05, 0.1) is 12.1 Å². The molecule has 6 nitrogen and oxygen atoms in total. The van der Waals surface area contributed by atoms with E-state index >= 15 is 0 Å². The summed E-state index contributed by atoms with van der Waals surface area (Å²) in [5.41, 5.74) is 5.73. The Hall–Kier alpha value is -1.56. The molecule has 0 spiro atoms. The van der Waals surface area contributed by atoms with Gasteiger partial charge in [-0.1, -0.05) is 12.8 Å². The van der Waals surface area contributed by atoms with Crippen LogP contribution in [-0.4, -0.2) is 33.4 Å². The SMILES string of the molecule is Nc1cc(C(=O)NC2CCCCC2O)[nH]n1. The molecule has 0 aliphatic heterocycles. The molecule has 0 aromatic carbocycles. The molecule has 1 saturated carbocycles. The smallest absolute Gasteiger partial charge is 0.269 e. The summed E-state index contributed by atoms with van der Waals surface area (Å²) in [4.78, 5) is 11.7. The van der Waals surface area contributed by atoms with E-state index in [0.29, 0.717) is 5.69 Å². The van der Waals surface area contributed by atoms with E-state index in [9.17, 15) is 9.90 Å². The van der Waals surface area contributed by atoms with E-state index in [1.54, 1.807) is 0 Å². The third-order valence-electron chi connectivity index (χ3n) is 2.89. The van der Waals surface area contributed by atoms with Crippen LogP contribution in [0.4, 0.5) is 5.82 Å². The van der Waals surface area contributed by atoms with Crippen LogP contribution < -0.4 is 11.1 Å². The fraction of sp³-hybridized carbons (Fsp3) is 0.600. The summed E-state index contributed by atoms with van der Waals surface area (Å²) < 4.78 is 0. The van der Waals surface area contributed by atoms with Crippen molar-refractivity contribution in [2.24, 2.45) is 0 Å². The van der Waals surface area contributed by atoms with E-state index in [1.165, 1.54) is 6.07 Å². The van der Waals surface area contributed by atoms with Crippen molar-refractivity contribution in [2.45, 2.75) is 37.8 Å². The number of carbonyl (C=O) groups is 1. The molecule has 5 N–H and O–H groups in total. The zero-order chi connectivity index (χ0) is 11.5. The number of aliphatic hydroxyl groups is 1. The molecule has 0 saturated heterocycles. The summed E-state index contributed by atoms with van der Waals surface area (Å²) >= 11 is 0. The average molecular weight is 224 g/mol. The Bertz CT molecular complexity index is 377. The van der Waals surface area contributed by atoms with Crippen LogP contribution in [0.3, 0.4) is 0 Å². The third-order valence-corrected chi connectivity index (χ3v) is 2.89. The summed E-state index contributed by atoms with van der Waals surface area (Å²) in [6.07, 6.45) is 3.17. The lowest BCUT2D eigenvalue weighted by molar-refractivity contribution is 0.0714. The Kier molecular flexibility index (Phi) is 3.09. The number of nitrogen functional groups attached to an aromatic ring is 1. The maximum atomic E-state index is 11.7. The number of carbonyl (C=O) groups excluding carboxylic acids is 1. The van der Waals surface area contributed by atoms with Crippen LogP contribution in [0.15, 0.2) is 6.07 Å². The van der Waals surface area contributed by atoms with Crippen molar-refractivity contribution in [2.75, 3.05) is 5.73 Å². The largest absolute Gasteiger partial charge is 0.391 e. The number of H-pyrrole nitrogens is 1. The van der Waals surface area contributed by atoms with Gasteiger partial charge in [-0.05, 0) is 12.8 Å². The molecular formula is C10H16N4O2. The molecule has 16 heavy (non-hydrogen) atoms. The summed E-state index contributed by atoms with van der Waals surface area (Å²) in [6, 6.07) is 1.32. The highest BCUT2D eigenvalue weighted by Gasteiger charge is 2.25. The van der Waals surface area contributed by atoms with Crippen molar-refractivity contribution in [1.29, 1.82) is 0 Å². The molecule has 2 unspecified atom stereocenters. The van der Waals surface area contributed by atoms with E-state index in [1.807, 2.05) is 0 Å². The van der Waals surface area contributed by atoms with Gasteiger partial charge in [0.25, 0.3) is 5.91 Å². The summed E-state index contributed by atoms with van der Waals surface area (Å²) in [6.45, 7) is 0. The third kappa shape index (κ3) is 2.33. The molecule has 0 radical (unpaired) electrons. The van der Waals surface area contributed by atoms with Crippen molar-refractivity contribution < 1.29 is 9.90 Å². The number of nitrogens with one attached hydrogen (secondary N) is 2. The van der Waals surface area contributed by atoms with E-state index < -0.39 is 6.10 Å². The highest BCUT2D eigenvalue weighted by molar-refractivity contribution is 5.93. The molecule has 88 valence electrons. The maximum Gasteiger partial charge on any atom is 0.269 e. The minimum absolute atomic E-state index is 0.161. The van der Waals surface area contributed by atoms with Gasteiger partial charge in [-0.15, -0.1) is 0 Å². The van der Waals surface area contributed by atoms with E-state index in [2.05, 4.69) is 15.5 Å². The number of nitrogens with zero attached hydrogens (tertiary/aromatic N) is 1. The molecule has 0 bridgehead atoms. The van der Waals surface area contributed by atoms with Crippen LogP contribution in [0, 0.1) is 0 Å². The first-order valence-electron chi connectivity index (χ1n) is 5.46. The predicted octanol–water partition coefficient (Wildman–Crippen LogP) is 0.0252. The van der Waals surface area contributed by atoms with Crippen LogP contribution in [0.25, 0.3) is 0 Å². The van der Waals surface area contributed by atoms with Crippen molar-refractivity contribution in [3.8, 4) is 0 Å². The fourth-order valence-electron chi connectivity index (χ4n) is 1.98. The molecular weight excluding hydrogens is 208 g/mol. The molecule has 2 rings (SSSR count). The number of aliphatic hydroxyl groups excluding tert-OH is 1. The van der Waals surface area contributed by atoms with Gasteiger partial charge >= 0.3 is 0 Å². The van der Waals surface area contributed by atoms with E-state index in [4.69, 9.17) is 5.73 Å². The Balaban J connectivity index is 1.96. The molecule has 1 aliphatic carbocycles. The number of hydrogen-bond donors (Lipinski definition) is 4. The molecule has 1 fully saturated rings. The number of aromatic nitrogens is 2. The van der Waals surface area contributed by atoms with E-state index in [0.717, 1.165) is 25.7 Å². The predicted molar refractivity (Wildman–Crippen MR) is 58.7 cm³/mol. The minimum atomic E-state index is -0.446. The maximum absolute atomic E-state index is 11.7. The van der Waals surface area contributed by atoms with Crippen LogP contribution in [0.5, 0.6) is 0 Å². The summed E-state index contributed by atoms with van der Waals surface area (Å²) in [5, 5.41) is 18.7. The summed E-state index contributed by atoms with van der Waals surface area (Å²) in [5.74, 6) is 0.0180. The van der Waals surface area contributed by atoms with Gasteiger partial charge in [-0.3, -0.25) is 9.89 Å². The Morgan fingerprint density at radius 1 is 1.56 bits per heavy atom. The lowest BCUT2D eigenvalue weighted by atomic mass is 9.92. The number of amides is 1. The quantitative estimate of drug-likeness (QED) is 0.568. The molecule has 1 amide bonds. The second-order valence-electron chi connectivity index (χ2n) is 4.14. The molecule has 1 aromatic rings. The first kappa shape index (κ1) is 10.9. The average Bonchev–Trinajstić information content (AvgIpc) is 2.68. The lowest BCUT2D eigenvalue weighted by Crippen LogP contribution is -2.45. The minimum Gasteiger partial charge on any atom is -0.391 e. The van der Waals surface area contributed by atoms with Crippen LogP contribution in [0.2, 0.25) is 0 Å². The van der Waals surface area contributed by atoms with Crippen LogP contribution >= 0.6 is 0 Å². The van der Waals surface area contributed by atoms with Crippen LogP contribution in [0.1, 0.15) is 36.2 Å². The number of rotatable bonds is 2. The topological polar surface area (TPSA) is 104 Å². The molecule has 1 aliphatic rings. The number of nitrogens with two attached hydrogens (primary N) is 1. The highest BCUT2D eigenvalue weighted by atomic mass is 16.3. The zero-order valence-electron chi connectivity index (χ0n) is 8.94. The number of anilines is 1. The standard InChI is InChI=1S/C10H16N4O2/c11-9-5-7(13-14-9)10(16)12-6-3-1-2-4-8(6)15/h5-6,8,15H,1-4H2,(H,12,16)(H3,11,13,14). The van der Waals surface area contributed by atoms with Crippen LogP contribution in [-0.2, 0) is 0 Å². The monoisotopic (exact) mass is 224 g/mol. The van der Waals surface area contributed by atoms with Gasteiger partial charge in [-0.25, -0.2) is 0 Å². The second-order valence-corrected chi connectivity index (χ2v) is 4.14. The van der Waals surface area contributed by atoms with Gasteiger partial charge in [0.1, 0.15) is 11.5 Å². The van der Waals surface area contributed by atoms with Crippen molar-refractivity contribution in [3.05, 3.63) is 11.8 Å². The van der Waals surface area contributed by atoms with Gasteiger partial charge in [0.15, 0.2) is 0 Å². The lowest BCUT2D eigenvalue weighted by Gasteiger charge is -2.28. The Morgan fingerprint density at radius 3 is 2.94 bits per heavy atom.